The summed E-state index contributed by atoms with van der Waals surface area (Å²) in [7, 11) is 0. The first kappa shape index (κ1) is 8.31. The minimum absolute atomic E-state index is 0.472. The number of nitrogens with one attached hydrogen (secondary N) is 1. The lowest BCUT2D eigenvalue weighted by molar-refractivity contribution is 0.198. The molecule has 1 heterocycles. The van der Waals surface area contributed by atoms with E-state index in [1.807, 2.05) is 0 Å². The second-order valence-electron chi connectivity index (χ2n) is 4.31. The van der Waals surface area contributed by atoms with Crippen molar-refractivity contribution in [1.82, 2.24) is 5.32 Å². The minimum Gasteiger partial charge on any atom is -0.311 e. The summed E-state index contributed by atoms with van der Waals surface area (Å²) < 4.78 is 0. The largest absolute Gasteiger partial charge is 0.311 e. The second kappa shape index (κ2) is 3.21. The second-order valence-corrected chi connectivity index (χ2v) is 4.31. The lowest BCUT2D eigenvalue weighted by atomic mass is 9.72. The van der Waals surface area contributed by atoms with Crippen LogP contribution < -0.4 is 5.32 Å². The van der Waals surface area contributed by atoms with Crippen LogP contribution in [0, 0.1) is 5.92 Å². The van der Waals surface area contributed by atoms with E-state index in [9.17, 15) is 0 Å². The van der Waals surface area contributed by atoms with Crippen LogP contribution in [-0.2, 0) is 0 Å². The van der Waals surface area contributed by atoms with E-state index in [-0.39, 0.29) is 0 Å². The van der Waals surface area contributed by atoms with Gasteiger partial charge in [0, 0.05) is 5.54 Å². The monoisotopic (exact) mass is 165 g/mol. The van der Waals surface area contributed by atoms with Crippen LogP contribution in [0.25, 0.3) is 0 Å². The Kier molecular flexibility index (Phi) is 2.22. The van der Waals surface area contributed by atoms with Crippen LogP contribution >= 0.6 is 0 Å². The Morgan fingerprint density at radius 2 is 2.33 bits per heavy atom. The smallest absolute Gasteiger partial charge is 0.0244 e. The minimum atomic E-state index is 0.472. The predicted molar refractivity (Wildman–Crippen MR) is 52.1 cm³/mol. The third-order valence-electron chi connectivity index (χ3n) is 3.69. The summed E-state index contributed by atoms with van der Waals surface area (Å²) in [6.45, 7) is 5.10. The SMILES string of the molecule is C=CC[C@@]12CCCC[C@@H]1CCN2. The summed E-state index contributed by atoms with van der Waals surface area (Å²) in [6.07, 6.45) is 10.4. The van der Waals surface area contributed by atoms with Gasteiger partial charge in [-0.3, -0.25) is 0 Å². The Morgan fingerprint density at radius 1 is 1.42 bits per heavy atom. The maximum absolute atomic E-state index is 3.87. The molecule has 1 heteroatoms. The molecule has 0 aromatic rings. The van der Waals surface area contributed by atoms with E-state index < -0.39 is 0 Å². The van der Waals surface area contributed by atoms with Gasteiger partial charge in [0.25, 0.3) is 0 Å². The van der Waals surface area contributed by atoms with E-state index in [0.29, 0.717) is 5.54 Å². The van der Waals surface area contributed by atoms with Crippen LogP contribution in [0.4, 0.5) is 0 Å². The Hall–Kier alpha value is -0.300. The van der Waals surface area contributed by atoms with Gasteiger partial charge in [0.05, 0.1) is 0 Å². The molecule has 1 aliphatic heterocycles. The third-order valence-corrected chi connectivity index (χ3v) is 3.69. The topological polar surface area (TPSA) is 12.0 Å². The van der Waals surface area contributed by atoms with E-state index in [0.717, 1.165) is 5.92 Å². The van der Waals surface area contributed by atoms with Crippen molar-refractivity contribution in [2.24, 2.45) is 5.92 Å². The van der Waals surface area contributed by atoms with Crippen molar-refractivity contribution in [3.63, 3.8) is 0 Å². The highest BCUT2D eigenvalue weighted by molar-refractivity contribution is 5.04. The maximum atomic E-state index is 3.87. The highest BCUT2D eigenvalue weighted by Gasteiger charge is 2.42. The first-order valence-electron chi connectivity index (χ1n) is 5.23. The quantitative estimate of drug-likeness (QED) is 0.620. The first-order valence-corrected chi connectivity index (χ1v) is 5.23. The fourth-order valence-electron chi connectivity index (χ4n) is 3.06. The maximum Gasteiger partial charge on any atom is 0.0244 e. The average molecular weight is 165 g/mol. The molecule has 0 bridgehead atoms. The van der Waals surface area contributed by atoms with Crippen LogP contribution in [0.2, 0.25) is 0 Å². The first-order chi connectivity index (χ1) is 5.87. The van der Waals surface area contributed by atoms with Crippen LogP contribution in [0.5, 0.6) is 0 Å². The zero-order chi connectivity index (χ0) is 8.44. The van der Waals surface area contributed by atoms with Gasteiger partial charge in [0.15, 0.2) is 0 Å². The van der Waals surface area contributed by atoms with Gasteiger partial charge in [0.1, 0.15) is 0 Å². The summed E-state index contributed by atoms with van der Waals surface area (Å²) in [6, 6.07) is 0. The highest BCUT2D eigenvalue weighted by atomic mass is 15.0. The van der Waals surface area contributed by atoms with Crippen LogP contribution in [-0.4, -0.2) is 12.1 Å². The van der Waals surface area contributed by atoms with Crippen LogP contribution in [0.1, 0.15) is 38.5 Å². The van der Waals surface area contributed by atoms with E-state index >= 15 is 0 Å². The summed E-state index contributed by atoms with van der Waals surface area (Å²) in [5.41, 5.74) is 0.472. The molecular formula is C11H19N. The van der Waals surface area contributed by atoms with E-state index in [1.54, 1.807) is 0 Å². The molecule has 1 N–H and O–H groups in total. The summed E-state index contributed by atoms with van der Waals surface area (Å²) in [5.74, 6) is 0.948. The lowest BCUT2D eigenvalue weighted by Gasteiger charge is -2.39. The molecule has 68 valence electrons. The molecule has 2 aliphatic rings. The van der Waals surface area contributed by atoms with Gasteiger partial charge in [-0.25, -0.2) is 0 Å². The molecule has 0 radical (unpaired) electrons. The van der Waals surface area contributed by atoms with Crippen LogP contribution in [0.15, 0.2) is 12.7 Å². The van der Waals surface area contributed by atoms with Crippen molar-refractivity contribution in [3.05, 3.63) is 12.7 Å². The average Bonchev–Trinajstić information content (AvgIpc) is 2.48. The van der Waals surface area contributed by atoms with Gasteiger partial charge >= 0.3 is 0 Å². The summed E-state index contributed by atoms with van der Waals surface area (Å²) >= 11 is 0. The molecule has 2 atom stereocenters. The zero-order valence-corrected chi connectivity index (χ0v) is 7.81. The zero-order valence-electron chi connectivity index (χ0n) is 7.81. The predicted octanol–water partition coefficient (Wildman–Crippen LogP) is 2.48. The van der Waals surface area contributed by atoms with Gasteiger partial charge in [0.2, 0.25) is 0 Å². The van der Waals surface area contributed by atoms with Crippen molar-refractivity contribution in [3.8, 4) is 0 Å². The summed E-state index contributed by atoms with van der Waals surface area (Å²) in [5, 5.41) is 3.70. The van der Waals surface area contributed by atoms with E-state index in [2.05, 4.69) is 18.0 Å². The van der Waals surface area contributed by atoms with Crippen molar-refractivity contribution in [1.29, 1.82) is 0 Å². The normalized spacial score (nSPS) is 40.8. The van der Waals surface area contributed by atoms with Crippen molar-refractivity contribution >= 4 is 0 Å². The number of hydrogen-bond donors (Lipinski definition) is 1. The molecular weight excluding hydrogens is 146 g/mol. The Bertz CT molecular complexity index is 176. The molecule has 2 fully saturated rings. The van der Waals surface area contributed by atoms with Crippen molar-refractivity contribution in [2.75, 3.05) is 6.54 Å². The van der Waals surface area contributed by atoms with E-state index in [1.165, 1.54) is 45.1 Å². The fraction of sp³-hybridized carbons (Fsp3) is 0.818. The van der Waals surface area contributed by atoms with Crippen molar-refractivity contribution < 1.29 is 0 Å². The molecule has 0 unspecified atom stereocenters. The van der Waals surface area contributed by atoms with Gasteiger partial charge < -0.3 is 5.32 Å². The summed E-state index contributed by atoms with van der Waals surface area (Å²) in [4.78, 5) is 0. The molecule has 1 saturated heterocycles. The number of hydrogen-bond acceptors (Lipinski definition) is 1. The molecule has 12 heavy (non-hydrogen) atoms. The van der Waals surface area contributed by atoms with Gasteiger partial charge in [-0.1, -0.05) is 18.9 Å². The fourth-order valence-corrected chi connectivity index (χ4v) is 3.06. The number of fused-ring (bicyclic) bond motifs is 1. The van der Waals surface area contributed by atoms with Gasteiger partial charge in [-0.15, -0.1) is 6.58 Å². The lowest BCUT2D eigenvalue weighted by Crippen LogP contribution is -2.46. The highest BCUT2D eigenvalue weighted by Crippen LogP contribution is 2.41. The Labute approximate surface area is 75.2 Å². The molecule has 2 rings (SSSR count). The third kappa shape index (κ3) is 1.20. The molecule has 0 spiro atoms. The Morgan fingerprint density at radius 3 is 3.17 bits per heavy atom. The molecule has 1 aliphatic carbocycles. The number of rotatable bonds is 2. The molecule has 0 aromatic carbocycles. The van der Waals surface area contributed by atoms with Gasteiger partial charge in [-0.05, 0) is 38.1 Å². The molecule has 1 saturated carbocycles. The molecule has 1 nitrogen and oxygen atoms in total. The van der Waals surface area contributed by atoms with Gasteiger partial charge in [-0.2, -0.15) is 0 Å². The molecule has 0 aromatic heterocycles. The Balaban J connectivity index is 2.11. The van der Waals surface area contributed by atoms with Crippen molar-refractivity contribution in [2.45, 2.75) is 44.1 Å². The molecule has 0 amide bonds. The van der Waals surface area contributed by atoms with E-state index in [4.69, 9.17) is 0 Å². The van der Waals surface area contributed by atoms with Crippen LogP contribution in [0.3, 0.4) is 0 Å². The standard InChI is InChI=1S/C11H19N/c1-2-7-11-8-4-3-5-10(11)6-9-12-11/h2,10,12H,1,3-9H2/t10-,11-/m1/s1.